The van der Waals surface area contributed by atoms with Gasteiger partial charge >= 0.3 is 0 Å². The molecular formula is C26H31N3O4. The number of piperazine rings is 1. The van der Waals surface area contributed by atoms with Gasteiger partial charge in [0.15, 0.2) is 17.3 Å². The lowest BCUT2D eigenvalue weighted by Crippen LogP contribution is -2.52. The molecule has 0 saturated carbocycles. The van der Waals surface area contributed by atoms with E-state index < -0.39 is 0 Å². The van der Waals surface area contributed by atoms with Crippen molar-refractivity contribution in [2.24, 2.45) is 0 Å². The predicted molar refractivity (Wildman–Crippen MR) is 128 cm³/mol. The summed E-state index contributed by atoms with van der Waals surface area (Å²) in [6.07, 6.45) is 0. The lowest BCUT2D eigenvalue weighted by molar-refractivity contribution is 0.0902. The van der Waals surface area contributed by atoms with E-state index in [4.69, 9.17) is 13.9 Å². The number of hydrogen-bond acceptors (Lipinski definition) is 6. The minimum Gasteiger partial charge on any atom is -0.493 e. The third kappa shape index (κ3) is 5.87. The van der Waals surface area contributed by atoms with E-state index in [0.717, 1.165) is 26.2 Å². The summed E-state index contributed by atoms with van der Waals surface area (Å²) in [4.78, 5) is 17.4. The van der Waals surface area contributed by atoms with Gasteiger partial charge in [0.25, 0.3) is 5.91 Å². The SMILES string of the molecule is COc1ccccc1OCc1ccc(C(=O)NCC(C)N2CCN(c3ccccc3)CC2)o1. The van der Waals surface area contributed by atoms with E-state index in [1.165, 1.54) is 5.69 Å². The Bertz CT molecular complexity index is 1030. The first-order valence-electron chi connectivity index (χ1n) is 11.3. The number of rotatable bonds is 9. The maximum atomic E-state index is 12.6. The maximum absolute atomic E-state index is 12.6. The smallest absolute Gasteiger partial charge is 0.287 e. The van der Waals surface area contributed by atoms with Crippen LogP contribution in [0.4, 0.5) is 5.69 Å². The first kappa shape index (κ1) is 22.7. The summed E-state index contributed by atoms with van der Waals surface area (Å²) in [7, 11) is 1.60. The van der Waals surface area contributed by atoms with Gasteiger partial charge in [-0.2, -0.15) is 0 Å². The van der Waals surface area contributed by atoms with E-state index in [2.05, 4.69) is 46.3 Å². The molecular weight excluding hydrogens is 418 g/mol. The molecule has 1 saturated heterocycles. The molecule has 4 rings (SSSR count). The summed E-state index contributed by atoms with van der Waals surface area (Å²) in [5.74, 6) is 1.93. The molecule has 0 spiro atoms. The van der Waals surface area contributed by atoms with Gasteiger partial charge in [-0.1, -0.05) is 30.3 Å². The van der Waals surface area contributed by atoms with Crippen LogP contribution in [0.25, 0.3) is 0 Å². The highest BCUT2D eigenvalue weighted by atomic mass is 16.5. The van der Waals surface area contributed by atoms with Crippen LogP contribution in [0.2, 0.25) is 0 Å². The number of hydrogen-bond donors (Lipinski definition) is 1. The van der Waals surface area contributed by atoms with Crippen LogP contribution in [0.3, 0.4) is 0 Å². The van der Waals surface area contributed by atoms with Crippen molar-refractivity contribution in [3.63, 3.8) is 0 Å². The van der Waals surface area contributed by atoms with E-state index in [-0.39, 0.29) is 24.3 Å². The number of nitrogens with one attached hydrogen (secondary N) is 1. The number of carbonyl (C=O) groups excluding carboxylic acids is 1. The summed E-state index contributed by atoms with van der Waals surface area (Å²) in [6.45, 7) is 6.83. The average molecular weight is 450 g/mol. The lowest BCUT2D eigenvalue weighted by Gasteiger charge is -2.39. The third-order valence-electron chi connectivity index (χ3n) is 5.94. The molecule has 33 heavy (non-hydrogen) atoms. The molecule has 3 aromatic rings. The molecule has 7 nitrogen and oxygen atoms in total. The highest BCUT2D eigenvalue weighted by Crippen LogP contribution is 2.26. The Morgan fingerprint density at radius 1 is 0.970 bits per heavy atom. The monoisotopic (exact) mass is 449 g/mol. The van der Waals surface area contributed by atoms with Crippen LogP contribution in [-0.4, -0.2) is 56.7 Å². The van der Waals surface area contributed by atoms with Gasteiger partial charge in [0.1, 0.15) is 12.4 Å². The van der Waals surface area contributed by atoms with Crippen LogP contribution in [0, 0.1) is 0 Å². The molecule has 1 fully saturated rings. The van der Waals surface area contributed by atoms with Crippen LogP contribution >= 0.6 is 0 Å². The van der Waals surface area contributed by atoms with Crippen molar-refractivity contribution in [3.05, 3.63) is 78.3 Å². The van der Waals surface area contributed by atoms with E-state index >= 15 is 0 Å². The highest BCUT2D eigenvalue weighted by Gasteiger charge is 2.22. The quantitative estimate of drug-likeness (QED) is 0.536. The second-order valence-electron chi connectivity index (χ2n) is 8.12. The Kier molecular flexibility index (Phi) is 7.52. The van der Waals surface area contributed by atoms with Gasteiger partial charge in [0.05, 0.1) is 7.11 Å². The third-order valence-corrected chi connectivity index (χ3v) is 5.94. The van der Waals surface area contributed by atoms with Gasteiger partial charge in [-0.25, -0.2) is 0 Å². The number of amides is 1. The number of anilines is 1. The van der Waals surface area contributed by atoms with Crippen LogP contribution < -0.4 is 19.7 Å². The molecule has 2 heterocycles. The molecule has 0 aliphatic carbocycles. The predicted octanol–water partition coefficient (Wildman–Crippen LogP) is 3.81. The molecule has 7 heteroatoms. The number of para-hydroxylation sites is 3. The molecule has 1 unspecified atom stereocenters. The first-order valence-corrected chi connectivity index (χ1v) is 11.3. The number of furan rings is 1. The van der Waals surface area contributed by atoms with E-state index in [9.17, 15) is 4.79 Å². The van der Waals surface area contributed by atoms with E-state index in [1.54, 1.807) is 19.2 Å². The second-order valence-corrected chi connectivity index (χ2v) is 8.12. The molecule has 2 aromatic carbocycles. The normalized spacial score (nSPS) is 15.2. The van der Waals surface area contributed by atoms with Crippen molar-refractivity contribution in [2.45, 2.75) is 19.6 Å². The van der Waals surface area contributed by atoms with Crippen LogP contribution in [-0.2, 0) is 6.61 Å². The lowest BCUT2D eigenvalue weighted by atomic mass is 10.2. The zero-order valence-electron chi connectivity index (χ0n) is 19.2. The summed E-state index contributed by atoms with van der Waals surface area (Å²) >= 11 is 0. The number of ether oxygens (including phenoxy) is 2. The topological polar surface area (TPSA) is 67.2 Å². The van der Waals surface area contributed by atoms with Gasteiger partial charge in [0, 0.05) is 44.5 Å². The Labute approximate surface area is 194 Å². The van der Waals surface area contributed by atoms with Crippen LogP contribution in [0.15, 0.2) is 71.1 Å². The zero-order chi connectivity index (χ0) is 23.0. The van der Waals surface area contributed by atoms with Gasteiger partial charge < -0.3 is 24.1 Å². The summed E-state index contributed by atoms with van der Waals surface area (Å²) in [5.41, 5.74) is 1.27. The second kappa shape index (κ2) is 10.9. The number of benzene rings is 2. The average Bonchev–Trinajstić information content (AvgIpc) is 3.36. The molecule has 1 N–H and O–H groups in total. The summed E-state index contributed by atoms with van der Waals surface area (Å²) in [6, 6.07) is 21.6. The maximum Gasteiger partial charge on any atom is 0.287 e. The van der Waals surface area contributed by atoms with E-state index in [0.29, 0.717) is 23.8 Å². The molecule has 1 amide bonds. The molecule has 1 aliphatic rings. The van der Waals surface area contributed by atoms with Gasteiger partial charge in [-0.05, 0) is 43.3 Å². The fourth-order valence-electron chi connectivity index (χ4n) is 3.98. The molecule has 0 radical (unpaired) electrons. The van der Waals surface area contributed by atoms with Gasteiger partial charge in [0.2, 0.25) is 0 Å². The van der Waals surface area contributed by atoms with Crippen LogP contribution in [0.5, 0.6) is 11.5 Å². The molecule has 1 aromatic heterocycles. The Hall–Kier alpha value is -3.45. The van der Waals surface area contributed by atoms with E-state index in [1.807, 2.05) is 30.3 Å². The fourth-order valence-corrected chi connectivity index (χ4v) is 3.98. The fraction of sp³-hybridized carbons (Fsp3) is 0.346. The van der Waals surface area contributed by atoms with Crippen molar-refractivity contribution in [1.82, 2.24) is 10.2 Å². The minimum absolute atomic E-state index is 0.215. The Morgan fingerprint density at radius 2 is 1.67 bits per heavy atom. The highest BCUT2D eigenvalue weighted by molar-refractivity contribution is 5.91. The Morgan fingerprint density at radius 3 is 2.39 bits per heavy atom. The minimum atomic E-state index is -0.215. The van der Waals surface area contributed by atoms with Gasteiger partial charge in [-0.3, -0.25) is 9.69 Å². The zero-order valence-corrected chi connectivity index (χ0v) is 19.2. The summed E-state index contributed by atoms with van der Waals surface area (Å²) in [5, 5.41) is 3.00. The van der Waals surface area contributed by atoms with Crippen molar-refractivity contribution in [2.75, 3.05) is 44.7 Å². The number of carbonyl (C=O) groups is 1. The summed E-state index contributed by atoms with van der Waals surface area (Å²) < 4.78 is 16.7. The van der Waals surface area contributed by atoms with Crippen molar-refractivity contribution >= 4 is 11.6 Å². The molecule has 1 atom stereocenters. The van der Waals surface area contributed by atoms with Crippen molar-refractivity contribution in [1.29, 1.82) is 0 Å². The molecule has 1 aliphatic heterocycles. The van der Waals surface area contributed by atoms with Crippen LogP contribution in [0.1, 0.15) is 23.2 Å². The van der Waals surface area contributed by atoms with Crippen molar-refractivity contribution in [3.8, 4) is 11.5 Å². The largest absolute Gasteiger partial charge is 0.493 e. The van der Waals surface area contributed by atoms with Gasteiger partial charge in [-0.15, -0.1) is 0 Å². The molecule has 0 bridgehead atoms. The first-order chi connectivity index (χ1) is 16.1. The standard InChI is InChI=1S/C26H31N3O4/c1-20(28-14-16-29(17-15-28)21-8-4-3-5-9-21)18-27-26(30)25-13-12-22(33-25)19-32-24-11-7-6-10-23(24)31-2/h3-13,20H,14-19H2,1-2H3,(H,27,30). The van der Waals surface area contributed by atoms with Crippen molar-refractivity contribution < 1.29 is 18.7 Å². The number of methoxy groups -OCH3 is 1. The molecule has 174 valence electrons. The number of nitrogens with zero attached hydrogens (tertiary/aromatic N) is 2. The Balaban J connectivity index is 1.22.